The molecule has 2 aromatic carbocycles. The number of imidazole rings is 1. The van der Waals surface area contributed by atoms with Gasteiger partial charge in [0.2, 0.25) is 5.95 Å². The molecule has 0 spiro atoms. The Labute approximate surface area is 143 Å². The number of nitrogens with one attached hydrogen (secondary N) is 2. The van der Waals surface area contributed by atoms with Crippen molar-refractivity contribution < 1.29 is 8.42 Å². The van der Waals surface area contributed by atoms with E-state index in [1.54, 1.807) is 0 Å². The molecule has 1 aromatic heterocycles. The van der Waals surface area contributed by atoms with Gasteiger partial charge in [-0.1, -0.05) is 23.2 Å². The van der Waals surface area contributed by atoms with E-state index in [9.17, 15) is 8.42 Å². The van der Waals surface area contributed by atoms with E-state index in [1.165, 1.54) is 18.2 Å². The summed E-state index contributed by atoms with van der Waals surface area (Å²) in [7, 11) is -3.86. The molecule has 0 saturated carbocycles. The Hall–Kier alpha value is -1.76. The van der Waals surface area contributed by atoms with Crippen LogP contribution in [0.25, 0.3) is 11.0 Å². The number of aromatic amines is 1. The Kier molecular flexibility index (Phi) is 4.00. The van der Waals surface area contributed by atoms with E-state index in [2.05, 4.69) is 14.7 Å². The maximum absolute atomic E-state index is 12.4. The second-order valence-electron chi connectivity index (χ2n) is 5.22. The van der Waals surface area contributed by atoms with E-state index in [1.807, 2.05) is 26.0 Å². The summed E-state index contributed by atoms with van der Waals surface area (Å²) in [4.78, 5) is 7.15. The fourth-order valence-corrected chi connectivity index (χ4v) is 3.93. The molecule has 23 heavy (non-hydrogen) atoms. The number of aryl methyl sites for hydroxylation is 2. The van der Waals surface area contributed by atoms with Crippen LogP contribution in [0.15, 0.2) is 35.2 Å². The van der Waals surface area contributed by atoms with Crippen molar-refractivity contribution in [3.63, 3.8) is 0 Å². The molecule has 120 valence electrons. The number of hydrogen-bond acceptors (Lipinski definition) is 3. The number of anilines is 1. The number of nitrogens with zero attached hydrogens (tertiary/aromatic N) is 1. The molecule has 8 heteroatoms. The van der Waals surface area contributed by atoms with Gasteiger partial charge in [0.1, 0.15) is 4.90 Å². The summed E-state index contributed by atoms with van der Waals surface area (Å²) in [5.41, 5.74) is 3.62. The molecule has 0 radical (unpaired) electrons. The minimum absolute atomic E-state index is 0.0489. The standard InChI is InChI=1S/C15H13Cl2N3O2S/c1-8-5-12-13(6-9(8)2)19-15(18-12)20-23(21,22)14-4-3-10(16)7-11(14)17/h3-7H,1-2H3,(H2,18,19,20). The summed E-state index contributed by atoms with van der Waals surface area (Å²) in [6.07, 6.45) is 0. The average Bonchev–Trinajstić information content (AvgIpc) is 2.79. The third-order valence-corrected chi connectivity index (χ3v) is 5.57. The molecule has 3 aromatic rings. The Bertz CT molecular complexity index is 974. The fourth-order valence-electron chi connectivity index (χ4n) is 2.19. The molecule has 0 bridgehead atoms. The fraction of sp³-hybridized carbons (Fsp3) is 0.133. The summed E-state index contributed by atoms with van der Waals surface area (Å²) in [5, 5.41) is 0.413. The number of aromatic nitrogens is 2. The van der Waals surface area contributed by atoms with Crippen molar-refractivity contribution in [2.45, 2.75) is 18.7 Å². The van der Waals surface area contributed by atoms with Gasteiger partial charge < -0.3 is 4.98 Å². The summed E-state index contributed by atoms with van der Waals surface area (Å²) in [5.74, 6) is 0.135. The topological polar surface area (TPSA) is 74.8 Å². The lowest BCUT2D eigenvalue weighted by Crippen LogP contribution is -2.14. The second-order valence-corrected chi connectivity index (χ2v) is 7.71. The molecule has 0 aliphatic heterocycles. The van der Waals surface area contributed by atoms with Crippen molar-refractivity contribution >= 4 is 50.2 Å². The van der Waals surface area contributed by atoms with Crippen LogP contribution in [0, 0.1) is 13.8 Å². The summed E-state index contributed by atoms with van der Waals surface area (Å²) in [6, 6.07) is 8.01. The second kappa shape index (κ2) is 5.70. The predicted octanol–water partition coefficient (Wildman–Crippen LogP) is 4.29. The third-order valence-electron chi connectivity index (χ3n) is 3.51. The highest BCUT2D eigenvalue weighted by molar-refractivity contribution is 7.92. The predicted molar refractivity (Wildman–Crippen MR) is 92.8 cm³/mol. The third kappa shape index (κ3) is 3.15. The largest absolute Gasteiger partial charge is 0.323 e. The zero-order chi connectivity index (χ0) is 16.8. The maximum atomic E-state index is 12.4. The van der Waals surface area contributed by atoms with Crippen molar-refractivity contribution in [3.05, 3.63) is 51.5 Å². The van der Waals surface area contributed by atoms with Crippen LogP contribution < -0.4 is 4.72 Å². The normalized spacial score (nSPS) is 11.8. The van der Waals surface area contributed by atoms with Crippen molar-refractivity contribution in [3.8, 4) is 0 Å². The molecule has 1 heterocycles. The van der Waals surface area contributed by atoms with Crippen LogP contribution in [0.2, 0.25) is 10.0 Å². The van der Waals surface area contributed by atoms with E-state index in [0.717, 1.165) is 16.6 Å². The molecule has 0 atom stereocenters. The van der Waals surface area contributed by atoms with Crippen LogP contribution in [0.5, 0.6) is 0 Å². The lowest BCUT2D eigenvalue weighted by atomic mass is 10.1. The highest BCUT2D eigenvalue weighted by Crippen LogP contribution is 2.27. The van der Waals surface area contributed by atoms with Crippen LogP contribution in [0.3, 0.4) is 0 Å². The minimum atomic E-state index is -3.86. The van der Waals surface area contributed by atoms with Crippen LogP contribution in [0.4, 0.5) is 5.95 Å². The summed E-state index contributed by atoms with van der Waals surface area (Å²) < 4.78 is 27.3. The Morgan fingerprint density at radius 1 is 1.09 bits per heavy atom. The van der Waals surface area contributed by atoms with Crippen LogP contribution >= 0.6 is 23.2 Å². The first kappa shape index (κ1) is 16.1. The summed E-state index contributed by atoms with van der Waals surface area (Å²) in [6.45, 7) is 3.95. The van der Waals surface area contributed by atoms with Crippen molar-refractivity contribution in [2.24, 2.45) is 0 Å². The lowest BCUT2D eigenvalue weighted by Gasteiger charge is -2.07. The zero-order valence-electron chi connectivity index (χ0n) is 12.3. The molecule has 0 saturated heterocycles. The van der Waals surface area contributed by atoms with E-state index in [4.69, 9.17) is 23.2 Å². The van der Waals surface area contributed by atoms with E-state index in [-0.39, 0.29) is 15.9 Å². The lowest BCUT2D eigenvalue weighted by molar-refractivity contribution is 0.601. The molecule has 0 fully saturated rings. The SMILES string of the molecule is Cc1cc2nc(NS(=O)(=O)c3ccc(Cl)cc3Cl)[nH]c2cc1C. The molecular weight excluding hydrogens is 357 g/mol. The molecule has 0 unspecified atom stereocenters. The van der Waals surface area contributed by atoms with Crippen LogP contribution in [-0.4, -0.2) is 18.4 Å². The molecule has 0 aliphatic rings. The van der Waals surface area contributed by atoms with E-state index >= 15 is 0 Å². The van der Waals surface area contributed by atoms with Gasteiger partial charge in [0.25, 0.3) is 10.0 Å². The van der Waals surface area contributed by atoms with Crippen molar-refractivity contribution in [2.75, 3.05) is 4.72 Å². The average molecular weight is 370 g/mol. The van der Waals surface area contributed by atoms with Gasteiger partial charge in [0.15, 0.2) is 0 Å². The first-order valence-corrected chi connectivity index (χ1v) is 8.95. The number of H-pyrrole nitrogens is 1. The van der Waals surface area contributed by atoms with Crippen molar-refractivity contribution in [1.29, 1.82) is 0 Å². The number of hydrogen-bond donors (Lipinski definition) is 2. The molecule has 3 rings (SSSR count). The number of benzene rings is 2. The van der Waals surface area contributed by atoms with E-state index < -0.39 is 10.0 Å². The molecule has 0 aliphatic carbocycles. The molecule has 0 amide bonds. The molecular formula is C15H13Cl2N3O2S. The van der Waals surface area contributed by atoms with E-state index in [0.29, 0.717) is 10.5 Å². The number of fused-ring (bicyclic) bond motifs is 1. The molecule has 5 nitrogen and oxygen atoms in total. The number of rotatable bonds is 3. The summed E-state index contributed by atoms with van der Waals surface area (Å²) >= 11 is 11.8. The van der Waals surface area contributed by atoms with Gasteiger partial charge in [0, 0.05) is 5.02 Å². The minimum Gasteiger partial charge on any atom is -0.323 e. The number of sulfonamides is 1. The maximum Gasteiger partial charge on any atom is 0.265 e. The number of halogens is 2. The van der Waals surface area contributed by atoms with Gasteiger partial charge in [-0.05, 0) is 55.3 Å². The zero-order valence-corrected chi connectivity index (χ0v) is 14.6. The Morgan fingerprint density at radius 2 is 1.78 bits per heavy atom. The van der Waals surface area contributed by atoms with Crippen LogP contribution in [0.1, 0.15) is 11.1 Å². The Morgan fingerprint density at radius 3 is 2.48 bits per heavy atom. The van der Waals surface area contributed by atoms with Gasteiger partial charge in [0.05, 0.1) is 16.1 Å². The first-order chi connectivity index (χ1) is 10.8. The molecule has 2 N–H and O–H groups in total. The highest BCUT2D eigenvalue weighted by atomic mass is 35.5. The van der Waals surface area contributed by atoms with Gasteiger partial charge in [-0.15, -0.1) is 0 Å². The highest BCUT2D eigenvalue weighted by Gasteiger charge is 2.20. The quantitative estimate of drug-likeness (QED) is 0.722. The smallest absolute Gasteiger partial charge is 0.265 e. The van der Waals surface area contributed by atoms with Gasteiger partial charge in [-0.3, -0.25) is 0 Å². The van der Waals surface area contributed by atoms with Crippen LogP contribution in [-0.2, 0) is 10.0 Å². The van der Waals surface area contributed by atoms with Gasteiger partial charge in [-0.2, -0.15) is 0 Å². The van der Waals surface area contributed by atoms with Gasteiger partial charge >= 0.3 is 0 Å². The monoisotopic (exact) mass is 369 g/mol. The van der Waals surface area contributed by atoms with Gasteiger partial charge in [-0.25, -0.2) is 18.1 Å². The first-order valence-electron chi connectivity index (χ1n) is 6.71. The van der Waals surface area contributed by atoms with Crippen molar-refractivity contribution in [1.82, 2.24) is 9.97 Å². The Balaban J connectivity index is 2.00.